The number of fused-ring (bicyclic) bond motifs is 1. The third kappa shape index (κ3) is 7.13. The maximum atomic E-state index is 13.3. The average molecular weight is 567 g/mol. The van der Waals surface area contributed by atoms with Gasteiger partial charge in [-0.3, -0.25) is 9.69 Å². The van der Waals surface area contributed by atoms with Gasteiger partial charge in [-0.05, 0) is 53.8 Å². The van der Waals surface area contributed by atoms with Gasteiger partial charge in [0.15, 0.2) is 11.5 Å². The number of nitrogens with zero attached hydrogens (tertiary/aromatic N) is 3. The van der Waals surface area contributed by atoms with Crippen LogP contribution in [-0.4, -0.2) is 68.6 Å². The van der Waals surface area contributed by atoms with E-state index in [0.717, 1.165) is 67.0 Å². The summed E-state index contributed by atoms with van der Waals surface area (Å²) < 4.78 is 16.9. The molecule has 0 aliphatic carbocycles. The Hall–Kier alpha value is -4.27. The van der Waals surface area contributed by atoms with Crippen molar-refractivity contribution in [1.82, 2.24) is 15.3 Å². The molecular formula is C34H38N4O4. The van der Waals surface area contributed by atoms with Crippen LogP contribution in [0.25, 0.3) is 22.2 Å². The van der Waals surface area contributed by atoms with E-state index in [4.69, 9.17) is 19.2 Å². The van der Waals surface area contributed by atoms with Crippen molar-refractivity contribution in [3.8, 4) is 22.8 Å². The van der Waals surface area contributed by atoms with E-state index in [1.165, 1.54) is 5.56 Å². The van der Waals surface area contributed by atoms with Gasteiger partial charge in [0, 0.05) is 30.6 Å². The van der Waals surface area contributed by atoms with Gasteiger partial charge in [0.25, 0.3) is 5.91 Å². The molecule has 1 N–H and O–H groups in total. The van der Waals surface area contributed by atoms with E-state index < -0.39 is 0 Å². The molecule has 1 atom stereocenters. The van der Waals surface area contributed by atoms with Crippen molar-refractivity contribution in [3.63, 3.8) is 0 Å². The molecule has 1 amide bonds. The first-order valence-corrected chi connectivity index (χ1v) is 14.5. The zero-order valence-corrected chi connectivity index (χ0v) is 24.5. The van der Waals surface area contributed by atoms with Crippen LogP contribution in [0.15, 0.2) is 77.9 Å². The molecule has 5 rings (SSSR count). The molecule has 0 bridgehead atoms. The fraction of sp³-hybridized carbons (Fsp3) is 0.324. The van der Waals surface area contributed by atoms with E-state index in [2.05, 4.69) is 53.5 Å². The quantitative estimate of drug-likeness (QED) is 0.180. The highest BCUT2D eigenvalue weighted by Crippen LogP contribution is 2.29. The summed E-state index contributed by atoms with van der Waals surface area (Å²) in [7, 11) is 1.61. The van der Waals surface area contributed by atoms with Gasteiger partial charge in [0.2, 0.25) is 0 Å². The van der Waals surface area contributed by atoms with Gasteiger partial charge < -0.3 is 14.2 Å². The van der Waals surface area contributed by atoms with Crippen LogP contribution in [0.4, 0.5) is 0 Å². The summed E-state index contributed by atoms with van der Waals surface area (Å²) in [5.41, 5.74) is 7.72. The molecule has 1 saturated heterocycles. The summed E-state index contributed by atoms with van der Waals surface area (Å²) in [4.78, 5) is 20.5. The number of nitrogens with one attached hydrogen (secondary N) is 1. The van der Waals surface area contributed by atoms with Crippen molar-refractivity contribution in [2.45, 2.75) is 26.2 Å². The number of morpholine rings is 1. The van der Waals surface area contributed by atoms with E-state index in [9.17, 15) is 4.79 Å². The minimum Gasteiger partial charge on any atom is -0.493 e. The van der Waals surface area contributed by atoms with Gasteiger partial charge in [-0.1, -0.05) is 56.3 Å². The van der Waals surface area contributed by atoms with Crippen molar-refractivity contribution in [3.05, 3.63) is 89.5 Å². The van der Waals surface area contributed by atoms with Gasteiger partial charge in [0.1, 0.15) is 6.61 Å². The van der Waals surface area contributed by atoms with E-state index in [0.29, 0.717) is 29.6 Å². The standard InChI is InChI=1S/C34H38N4O4/c1-4-24(2)26-10-12-27(13-11-26)31-22-29(28-7-5-6-8-30(28)36-31)34(39)37-35-23-25-9-14-32(33(21-25)40-3)42-20-17-38-15-18-41-19-16-38/h5-14,21-24H,4,15-20H2,1-3H3,(H,37,39)/b35-23+. The van der Waals surface area contributed by atoms with Crippen molar-refractivity contribution < 1.29 is 19.0 Å². The van der Waals surface area contributed by atoms with Crippen LogP contribution in [0.1, 0.15) is 47.7 Å². The van der Waals surface area contributed by atoms with Gasteiger partial charge in [-0.25, -0.2) is 10.4 Å². The fourth-order valence-electron chi connectivity index (χ4n) is 4.95. The van der Waals surface area contributed by atoms with Crippen molar-refractivity contribution in [1.29, 1.82) is 0 Å². The molecule has 1 unspecified atom stereocenters. The van der Waals surface area contributed by atoms with E-state index in [1.54, 1.807) is 13.3 Å². The van der Waals surface area contributed by atoms with Crippen LogP contribution >= 0.6 is 0 Å². The summed E-state index contributed by atoms with van der Waals surface area (Å²) in [5, 5.41) is 5.01. The summed E-state index contributed by atoms with van der Waals surface area (Å²) >= 11 is 0. The minimum atomic E-state index is -0.308. The van der Waals surface area contributed by atoms with E-state index >= 15 is 0 Å². The number of para-hydroxylation sites is 1. The van der Waals surface area contributed by atoms with Gasteiger partial charge in [-0.15, -0.1) is 0 Å². The van der Waals surface area contributed by atoms with Crippen LogP contribution < -0.4 is 14.9 Å². The molecule has 8 heteroatoms. The van der Waals surface area contributed by atoms with Crippen LogP contribution in [0.3, 0.4) is 0 Å². The Bertz CT molecular complexity index is 1530. The number of hydrazone groups is 1. The summed E-state index contributed by atoms with van der Waals surface area (Å²) in [6.07, 6.45) is 2.67. The molecule has 3 aromatic carbocycles. The molecule has 1 aliphatic heterocycles. The van der Waals surface area contributed by atoms with Crippen molar-refractivity contribution >= 4 is 23.0 Å². The molecular weight excluding hydrogens is 528 g/mol. The number of rotatable bonds is 11. The van der Waals surface area contributed by atoms with Gasteiger partial charge in [-0.2, -0.15) is 5.10 Å². The Labute approximate surface area is 247 Å². The average Bonchev–Trinajstić information content (AvgIpc) is 3.04. The molecule has 0 spiro atoms. The molecule has 2 heterocycles. The zero-order chi connectivity index (χ0) is 29.3. The Morgan fingerprint density at radius 3 is 2.62 bits per heavy atom. The van der Waals surface area contributed by atoms with Crippen LogP contribution in [-0.2, 0) is 4.74 Å². The molecule has 1 aliphatic rings. The number of aromatic nitrogens is 1. The predicted molar refractivity (Wildman–Crippen MR) is 167 cm³/mol. The second-order valence-electron chi connectivity index (χ2n) is 10.4. The highest BCUT2D eigenvalue weighted by atomic mass is 16.5. The lowest BCUT2D eigenvalue weighted by Crippen LogP contribution is -2.38. The number of ether oxygens (including phenoxy) is 3. The molecule has 1 fully saturated rings. The maximum Gasteiger partial charge on any atom is 0.272 e. The highest BCUT2D eigenvalue weighted by molar-refractivity contribution is 6.07. The number of carbonyl (C=O) groups excluding carboxylic acids is 1. The number of hydrogen-bond acceptors (Lipinski definition) is 7. The van der Waals surface area contributed by atoms with Gasteiger partial charge >= 0.3 is 0 Å². The smallest absolute Gasteiger partial charge is 0.272 e. The molecule has 0 saturated carbocycles. The Morgan fingerprint density at radius 1 is 1.07 bits per heavy atom. The monoisotopic (exact) mass is 566 g/mol. The maximum absolute atomic E-state index is 13.3. The van der Waals surface area contributed by atoms with Gasteiger partial charge in [0.05, 0.1) is 43.3 Å². The second kappa shape index (κ2) is 14.1. The number of carbonyl (C=O) groups is 1. The summed E-state index contributed by atoms with van der Waals surface area (Å²) in [6, 6.07) is 23.5. The molecule has 218 valence electrons. The molecule has 0 radical (unpaired) electrons. The third-order valence-corrected chi connectivity index (χ3v) is 7.68. The van der Waals surface area contributed by atoms with Crippen molar-refractivity contribution in [2.75, 3.05) is 46.6 Å². The summed E-state index contributed by atoms with van der Waals surface area (Å²) in [6.45, 7) is 9.16. The number of hydrogen-bond donors (Lipinski definition) is 1. The molecule has 42 heavy (non-hydrogen) atoms. The first kappa shape index (κ1) is 29.2. The largest absolute Gasteiger partial charge is 0.493 e. The number of pyridine rings is 1. The SMILES string of the molecule is CCC(C)c1ccc(-c2cc(C(=O)N/N=C/c3ccc(OCCN4CCOCC4)c(OC)c3)c3ccccc3n2)cc1. The lowest BCUT2D eigenvalue weighted by molar-refractivity contribution is 0.0321. The topological polar surface area (TPSA) is 85.3 Å². The van der Waals surface area contributed by atoms with Crippen molar-refractivity contribution in [2.24, 2.45) is 5.10 Å². The number of benzene rings is 3. The number of methoxy groups -OCH3 is 1. The zero-order valence-electron chi connectivity index (χ0n) is 24.5. The van der Waals surface area contributed by atoms with Crippen LogP contribution in [0.5, 0.6) is 11.5 Å². The number of amides is 1. The lowest BCUT2D eigenvalue weighted by Gasteiger charge is -2.26. The van der Waals surface area contributed by atoms with Crippen LogP contribution in [0.2, 0.25) is 0 Å². The summed E-state index contributed by atoms with van der Waals surface area (Å²) in [5.74, 6) is 1.46. The molecule has 4 aromatic rings. The third-order valence-electron chi connectivity index (χ3n) is 7.68. The first-order valence-electron chi connectivity index (χ1n) is 14.5. The normalized spacial score (nSPS) is 14.6. The predicted octanol–water partition coefficient (Wildman–Crippen LogP) is 5.90. The Kier molecular flexibility index (Phi) is 9.79. The fourth-order valence-corrected chi connectivity index (χ4v) is 4.95. The first-order chi connectivity index (χ1) is 20.6. The van der Waals surface area contributed by atoms with Crippen LogP contribution in [0, 0.1) is 0 Å². The highest BCUT2D eigenvalue weighted by Gasteiger charge is 2.15. The lowest BCUT2D eigenvalue weighted by atomic mass is 9.96. The van der Waals surface area contributed by atoms with E-state index in [-0.39, 0.29) is 5.91 Å². The Morgan fingerprint density at radius 2 is 1.86 bits per heavy atom. The second-order valence-corrected chi connectivity index (χ2v) is 10.4. The molecule has 1 aromatic heterocycles. The molecule has 8 nitrogen and oxygen atoms in total. The minimum absolute atomic E-state index is 0.308. The Balaban J connectivity index is 1.28. The van der Waals surface area contributed by atoms with E-state index in [1.807, 2.05) is 48.5 Å².